The van der Waals surface area contributed by atoms with Gasteiger partial charge in [0.05, 0.1) is 9.90 Å². The molecule has 0 aliphatic carbocycles. The van der Waals surface area contributed by atoms with Crippen molar-refractivity contribution in [3.05, 3.63) is 57.0 Å². The Labute approximate surface area is 122 Å². The standard InChI is InChI=1S/C14H8ClFOS2/c15-9-2-1-8(5-10(9)16)6-11(17)13-7-14-12(19-13)3-4-18-14/h1-5,7H,6H2. The van der Waals surface area contributed by atoms with Crippen molar-refractivity contribution >= 4 is 49.5 Å². The molecule has 1 nitrogen and oxygen atoms in total. The minimum Gasteiger partial charge on any atom is -0.293 e. The minimum absolute atomic E-state index is 0.00937. The van der Waals surface area contributed by atoms with E-state index in [4.69, 9.17) is 11.6 Å². The number of rotatable bonds is 3. The number of carbonyl (C=O) groups excluding carboxylic acids is 1. The molecule has 0 unspecified atom stereocenters. The largest absolute Gasteiger partial charge is 0.293 e. The van der Waals surface area contributed by atoms with E-state index in [1.54, 1.807) is 17.4 Å². The molecule has 0 bridgehead atoms. The predicted octanol–water partition coefficient (Wildman–Crippen LogP) is 5.18. The second-order valence-electron chi connectivity index (χ2n) is 4.11. The van der Waals surface area contributed by atoms with Gasteiger partial charge in [0, 0.05) is 15.8 Å². The van der Waals surface area contributed by atoms with Crippen molar-refractivity contribution < 1.29 is 9.18 Å². The number of benzene rings is 1. The predicted molar refractivity (Wildman–Crippen MR) is 79.1 cm³/mol. The molecule has 19 heavy (non-hydrogen) atoms. The highest BCUT2D eigenvalue weighted by Crippen LogP contribution is 2.30. The van der Waals surface area contributed by atoms with Crippen LogP contribution in [0.5, 0.6) is 0 Å². The zero-order valence-corrected chi connectivity index (χ0v) is 12.0. The Hall–Kier alpha value is -1.23. The van der Waals surface area contributed by atoms with Gasteiger partial charge in [0.2, 0.25) is 0 Å². The van der Waals surface area contributed by atoms with E-state index in [2.05, 4.69) is 0 Å². The monoisotopic (exact) mass is 310 g/mol. The van der Waals surface area contributed by atoms with Crippen LogP contribution in [0.2, 0.25) is 5.02 Å². The average molecular weight is 311 g/mol. The molecule has 0 aliphatic heterocycles. The van der Waals surface area contributed by atoms with Gasteiger partial charge in [-0.25, -0.2) is 4.39 Å². The Kier molecular flexibility index (Phi) is 3.39. The Morgan fingerprint density at radius 2 is 2.05 bits per heavy atom. The van der Waals surface area contributed by atoms with Gasteiger partial charge < -0.3 is 0 Å². The number of Topliss-reactive ketones (excluding diaryl/α,β-unsaturated/α-hetero) is 1. The molecular formula is C14H8ClFOS2. The molecule has 0 N–H and O–H groups in total. The van der Waals surface area contributed by atoms with Crippen LogP contribution < -0.4 is 0 Å². The van der Waals surface area contributed by atoms with E-state index in [1.165, 1.54) is 23.5 Å². The lowest BCUT2D eigenvalue weighted by Crippen LogP contribution is -2.01. The number of carbonyl (C=O) groups is 1. The summed E-state index contributed by atoms with van der Waals surface area (Å²) in [5.41, 5.74) is 0.642. The van der Waals surface area contributed by atoms with Gasteiger partial charge in [-0.15, -0.1) is 22.7 Å². The molecule has 96 valence electrons. The van der Waals surface area contributed by atoms with Crippen LogP contribution in [0.15, 0.2) is 35.7 Å². The first-order valence-corrected chi connectivity index (χ1v) is 7.65. The van der Waals surface area contributed by atoms with Crippen molar-refractivity contribution in [1.82, 2.24) is 0 Å². The Morgan fingerprint density at radius 1 is 1.21 bits per heavy atom. The minimum atomic E-state index is -0.487. The summed E-state index contributed by atoms with van der Waals surface area (Å²) in [5.74, 6) is -0.478. The Balaban J connectivity index is 1.84. The summed E-state index contributed by atoms with van der Waals surface area (Å²) in [6, 6.07) is 8.38. The highest BCUT2D eigenvalue weighted by molar-refractivity contribution is 7.27. The molecule has 0 atom stereocenters. The third-order valence-corrected chi connectivity index (χ3v) is 5.20. The zero-order chi connectivity index (χ0) is 13.4. The summed E-state index contributed by atoms with van der Waals surface area (Å²) < 4.78 is 15.6. The number of halogens is 2. The number of hydrogen-bond acceptors (Lipinski definition) is 3. The van der Waals surface area contributed by atoms with Crippen LogP contribution in [0.1, 0.15) is 15.2 Å². The maximum Gasteiger partial charge on any atom is 0.177 e. The highest BCUT2D eigenvalue weighted by atomic mass is 35.5. The normalized spacial score (nSPS) is 11.1. The lowest BCUT2D eigenvalue weighted by atomic mass is 10.1. The van der Waals surface area contributed by atoms with E-state index < -0.39 is 5.82 Å². The second kappa shape index (κ2) is 5.04. The summed E-state index contributed by atoms with van der Waals surface area (Å²) in [6.07, 6.45) is 0.196. The lowest BCUT2D eigenvalue weighted by molar-refractivity contribution is 0.0997. The SMILES string of the molecule is O=C(Cc1ccc(Cl)c(F)c1)c1cc2sccc2s1. The number of thiophene rings is 2. The van der Waals surface area contributed by atoms with Gasteiger partial charge in [0.1, 0.15) is 5.82 Å². The maximum absolute atomic E-state index is 13.3. The van der Waals surface area contributed by atoms with E-state index >= 15 is 0 Å². The first kappa shape index (κ1) is 12.8. The summed E-state index contributed by atoms with van der Waals surface area (Å²) in [5, 5.41) is 2.08. The van der Waals surface area contributed by atoms with E-state index in [9.17, 15) is 9.18 Å². The van der Waals surface area contributed by atoms with Crippen molar-refractivity contribution in [3.63, 3.8) is 0 Å². The zero-order valence-electron chi connectivity index (χ0n) is 9.65. The molecule has 0 amide bonds. The van der Waals surface area contributed by atoms with Gasteiger partial charge in [-0.05, 0) is 35.2 Å². The summed E-state index contributed by atoms with van der Waals surface area (Å²) in [7, 11) is 0. The summed E-state index contributed by atoms with van der Waals surface area (Å²) >= 11 is 8.71. The van der Waals surface area contributed by atoms with Gasteiger partial charge in [0.15, 0.2) is 5.78 Å². The van der Waals surface area contributed by atoms with Gasteiger partial charge in [-0.2, -0.15) is 0 Å². The Bertz CT molecular complexity index is 731. The molecule has 1 aromatic carbocycles. The van der Waals surface area contributed by atoms with Crippen LogP contribution in [-0.2, 0) is 6.42 Å². The van der Waals surface area contributed by atoms with Gasteiger partial charge >= 0.3 is 0 Å². The van der Waals surface area contributed by atoms with Crippen molar-refractivity contribution in [3.8, 4) is 0 Å². The van der Waals surface area contributed by atoms with Crippen LogP contribution in [0.3, 0.4) is 0 Å². The van der Waals surface area contributed by atoms with E-state index in [1.807, 2.05) is 17.5 Å². The number of fused-ring (bicyclic) bond motifs is 1. The molecule has 0 spiro atoms. The fourth-order valence-corrected chi connectivity index (χ4v) is 3.99. The van der Waals surface area contributed by atoms with Crippen LogP contribution in [0.4, 0.5) is 4.39 Å². The molecule has 0 saturated carbocycles. The van der Waals surface area contributed by atoms with E-state index in [0.717, 1.165) is 14.3 Å². The van der Waals surface area contributed by atoms with E-state index in [-0.39, 0.29) is 17.2 Å². The quantitative estimate of drug-likeness (QED) is 0.609. The maximum atomic E-state index is 13.3. The smallest absolute Gasteiger partial charge is 0.177 e. The molecule has 0 aliphatic rings. The molecule has 0 saturated heterocycles. The molecule has 2 aromatic heterocycles. The van der Waals surface area contributed by atoms with Crippen molar-refractivity contribution in [2.45, 2.75) is 6.42 Å². The molecule has 3 aromatic rings. The third kappa shape index (κ3) is 2.56. The summed E-state index contributed by atoms with van der Waals surface area (Å²) in [4.78, 5) is 12.9. The molecule has 0 radical (unpaired) electrons. The molecule has 5 heteroatoms. The third-order valence-electron chi connectivity index (χ3n) is 2.76. The first-order chi connectivity index (χ1) is 9.13. The van der Waals surface area contributed by atoms with Crippen LogP contribution in [0, 0.1) is 5.82 Å². The molecular weight excluding hydrogens is 303 g/mol. The van der Waals surface area contributed by atoms with Crippen molar-refractivity contribution in [2.24, 2.45) is 0 Å². The second-order valence-corrected chi connectivity index (χ2v) is 6.55. The fourth-order valence-electron chi connectivity index (χ4n) is 1.83. The Morgan fingerprint density at radius 3 is 2.79 bits per heavy atom. The number of hydrogen-bond donors (Lipinski definition) is 0. The molecule has 0 fully saturated rings. The van der Waals surface area contributed by atoms with Crippen LogP contribution >= 0.6 is 34.3 Å². The average Bonchev–Trinajstić information content (AvgIpc) is 2.94. The fraction of sp³-hybridized carbons (Fsp3) is 0.0714. The topological polar surface area (TPSA) is 17.1 Å². The van der Waals surface area contributed by atoms with Crippen LogP contribution in [0.25, 0.3) is 9.40 Å². The molecule has 3 rings (SSSR count). The number of ketones is 1. The summed E-state index contributed by atoms with van der Waals surface area (Å²) in [6.45, 7) is 0. The van der Waals surface area contributed by atoms with Crippen LogP contribution in [-0.4, -0.2) is 5.78 Å². The van der Waals surface area contributed by atoms with E-state index in [0.29, 0.717) is 5.56 Å². The molecule has 2 heterocycles. The van der Waals surface area contributed by atoms with Gasteiger partial charge in [-0.3, -0.25) is 4.79 Å². The van der Waals surface area contributed by atoms with Gasteiger partial charge in [0.25, 0.3) is 0 Å². The highest BCUT2D eigenvalue weighted by Gasteiger charge is 2.12. The lowest BCUT2D eigenvalue weighted by Gasteiger charge is -2.00. The van der Waals surface area contributed by atoms with Crippen molar-refractivity contribution in [1.29, 1.82) is 0 Å². The van der Waals surface area contributed by atoms with Gasteiger partial charge in [-0.1, -0.05) is 17.7 Å². The first-order valence-electron chi connectivity index (χ1n) is 5.57. The van der Waals surface area contributed by atoms with Crippen molar-refractivity contribution in [2.75, 3.05) is 0 Å².